The van der Waals surface area contributed by atoms with Gasteiger partial charge in [0.25, 0.3) is 0 Å². The second-order valence-corrected chi connectivity index (χ2v) is 5.92. The summed E-state index contributed by atoms with van der Waals surface area (Å²) < 4.78 is 2.68. The Kier molecular flexibility index (Phi) is 4.79. The van der Waals surface area contributed by atoms with E-state index in [2.05, 4.69) is 10.4 Å². The number of carbonyl (C=O) groups is 1. The van der Waals surface area contributed by atoms with Crippen LogP contribution in [0.15, 0.2) is 59.4 Å². The summed E-state index contributed by atoms with van der Waals surface area (Å²) in [6.45, 7) is 4.08. The van der Waals surface area contributed by atoms with Gasteiger partial charge in [-0.2, -0.15) is 5.10 Å². The molecule has 2 aromatic carbocycles. The second-order valence-electron chi connectivity index (χ2n) is 5.92. The van der Waals surface area contributed by atoms with Gasteiger partial charge in [-0.3, -0.25) is 4.79 Å². The molecule has 1 amide bonds. The van der Waals surface area contributed by atoms with Crippen LogP contribution >= 0.6 is 0 Å². The van der Waals surface area contributed by atoms with Crippen molar-refractivity contribution in [3.63, 3.8) is 0 Å². The fourth-order valence-electron chi connectivity index (χ4n) is 2.59. The summed E-state index contributed by atoms with van der Waals surface area (Å²) in [5.41, 5.74) is 2.59. The normalized spacial score (nSPS) is 10.6. The van der Waals surface area contributed by atoms with Gasteiger partial charge in [0.15, 0.2) is 0 Å². The quantitative estimate of drug-likeness (QED) is 0.774. The number of carbonyl (C=O) groups excluding carboxylic acids is 1. The van der Waals surface area contributed by atoms with E-state index in [4.69, 9.17) is 0 Å². The molecule has 0 saturated carbocycles. The SMILES string of the molecule is Cc1ccc(CNC(=O)Cn2nc(C)n(-c3ccccc3)c2=O)cc1. The maximum absolute atomic E-state index is 12.5. The second kappa shape index (κ2) is 7.17. The Bertz CT molecular complexity index is 924. The van der Waals surface area contributed by atoms with Gasteiger partial charge in [0.05, 0.1) is 5.69 Å². The van der Waals surface area contributed by atoms with Crippen LogP contribution in [0.1, 0.15) is 17.0 Å². The standard InChI is InChI=1S/C19H20N4O2/c1-14-8-10-16(11-9-14)12-20-18(24)13-22-19(25)23(15(2)21-22)17-6-4-3-5-7-17/h3-11H,12-13H2,1-2H3,(H,20,24). The van der Waals surface area contributed by atoms with Crippen LogP contribution in [0, 0.1) is 13.8 Å². The Morgan fingerprint density at radius 2 is 1.72 bits per heavy atom. The first-order valence-corrected chi connectivity index (χ1v) is 8.09. The molecule has 6 heteroatoms. The number of rotatable bonds is 5. The summed E-state index contributed by atoms with van der Waals surface area (Å²) in [6, 6.07) is 17.2. The van der Waals surface area contributed by atoms with E-state index in [-0.39, 0.29) is 18.1 Å². The molecule has 0 saturated heterocycles. The van der Waals surface area contributed by atoms with Crippen LogP contribution in [-0.2, 0) is 17.9 Å². The van der Waals surface area contributed by atoms with Crippen LogP contribution in [0.25, 0.3) is 5.69 Å². The summed E-state index contributed by atoms with van der Waals surface area (Å²) in [7, 11) is 0. The van der Waals surface area contributed by atoms with E-state index in [0.717, 1.165) is 11.3 Å². The molecule has 3 rings (SSSR count). The van der Waals surface area contributed by atoms with Gasteiger partial charge in [-0.25, -0.2) is 14.0 Å². The highest BCUT2D eigenvalue weighted by molar-refractivity contribution is 5.75. The zero-order valence-electron chi connectivity index (χ0n) is 14.3. The van der Waals surface area contributed by atoms with Crippen LogP contribution < -0.4 is 11.0 Å². The van der Waals surface area contributed by atoms with Crippen LogP contribution in [0.3, 0.4) is 0 Å². The first-order chi connectivity index (χ1) is 12.0. The largest absolute Gasteiger partial charge is 0.351 e. The van der Waals surface area contributed by atoms with Crippen LogP contribution in [0.4, 0.5) is 0 Å². The molecule has 1 aromatic heterocycles. The lowest BCUT2D eigenvalue weighted by atomic mass is 10.1. The van der Waals surface area contributed by atoms with Crippen LogP contribution in [-0.4, -0.2) is 20.3 Å². The average molecular weight is 336 g/mol. The van der Waals surface area contributed by atoms with E-state index in [1.165, 1.54) is 14.8 Å². The molecule has 0 aliphatic carbocycles. The molecule has 0 radical (unpaired) electrons. The molecule has 0 fully saturated rings. The first-order valence-electron chi connectivity index (χ1n) is 8.09. The van der Waals surface area contributed by atoms with Crippen LogP contribution in [0.5, 0.6) is 0 Å². The van der Waals surface area contributed by atoms with Gasteiger partial charge >= 0.3 is 5.69 Å². The zero-order chi connectivity index (χ0) is 17.8. The van der Waals surface area contributed by atoms with Gasteiger partial charge in [0, 0.05) is 6.54 Å². The van der Waals surface area contributed by atoms with E-state index in [0.29, 0.717) is 12.4 Å². The molecule has 1 N–H and O–H groups in total. The number of aryl methyl sites for hydroxylation is 2. The van der Waals surface area contributed by atoms with Gasteiger partial charge in [0.2, 0.25) is 5.91 Å². The highest BCUT2D eigenvalue weighted by Gasteiger charge is 2.14. The predicted molar refractivity (Wildman–Crippen MR) is 95.6 cm³/mol. The molecule has 128 valence electrons. The summed E-state index contributed by atoms with van der Waals surface area (Å²) >= 11 is 0. The Labute approximate surface area is 145 Å². The smallest absolute Gasteiger partial charge is 0.350 e. The number of hydrogen-bond acceptors (Lipinski definition) is 3. The molecular weight excluding hydrogens is 316 g/mol. The van der Waals surface area contributed by atoms with Crippen molar-refractivity contribution in [3.8, 4) is 5.69 Å². The Hall–Kier alpha value is -3.15. The lowest BCUT2D eigenvalue weighted by Crippen LogP contribution is -2.33. The van der Waals surface area contributed by atoms with Crippen molar-refractivity contribution in [3.05, 3.63) is 82.0 Å². The molecule has 3 aromatic rings. The summed E-state index contributed by atoms with van der Waals surface area (Å²) in [4.78, 5) is 24.7. The number of nitrogens with one attached hydrogen (secondary N) is 1. The van der Waals surface area contributed by atoms with Crippen molar-refractivity contribution < 1.29 is 4.79 Å². The fourth-order valence-corrected chi connectivity index (χ4v) is 2.59. The third-order valence-electron chi connectivity index (χ3n) is 3.92. The van der Waals surface area contributed by atoms with Crippen molar-refractivity contribution in [2.75, 3.05) is 0 Å². The zero-order valence-corrected chi connectivity index (χ0v) is 14.3. The lowest BCUT2D eigenvalue weighted by molar-refractivity contribution is -0.122. The Morgan fingerprint density at radius 1 is 1.04 bits per heavy atom. The highest BCUT2D eigenvalue weighted by atomic mass is 16.2. The number of benzene rings is 2. The third kappa shape index (κ3) is 3.85. The molecule has 0 aliphatic rings. The molecule has 0 aliphatic heterocycles. The molecular formula is C19H20N4O2. The minimum Gasteiger partial charge on any atom is -0.350 e. The lowest BCUT2D eigenvalue weighted by Gasteiger charge is -2.05. The minimum atomic E-state index is -0.325. The summed E-state index contributed by atoms with van der Waals surface area (Å²) in [5, 5.41) is 7.01. The molecule has 0 bridgehead atoms. The molecule has 0 unspecified atom stereocenters. The van der Waals surface area contributed by atoms with Crippen molar-refractivity contribution in [2.24, 2.45) is 0 Å². The van der Waals surface area contributed by atoms with E-state index in [9.17, 15) is 9.59 Å². The maximum atomic E-state index is 12.5. The predicted octanol–water partition coefficient (Wildman–Crippen LogP) is 1.97. The average Bonchev–Trinajstić information content (AvgIpc) is 2.89. The van der Waals surface area contributed by atoms with Crippen molar-refractivity contribution >= 4 is 5.91 Å². The maximum Gasteiger partial charge on any atom is 0.351 e. The van der Waals surface area contributed by atoms with Crippen LogP contribution in [0.2, 0.25) is 0 Å². The fraction of sp³-hybridized carbons (Fsp3) is 0.211. The highest BCUT2D eigenvalue weighted by Crippen LogP contribution is 2.06. The van der Waals surface area contributed by atoms with Gasteiger partial charge in [-0.05, 0) is 31.5 Å². The topological polar surface area (TPSA) is 68.9 Å². The van der Waals surface area contributed by atoms with Crippen molar-refractivity contribution in [1.29, 1.82) is 0 Å². The van der Waals surface area contributed by atoms with E-state index in [1.54, 1.807) is 6.92 Å². The molecule has 6 nitrogen and oxygen atoms in total. The monoisotopic (exact) mass is 336 g/mol. The summed E-state index contributed by atoms with van der Waals surface area (Å²) in [6.07, 6.45) is 0. The minimum absolute atomic E-state index is 0.106. The summed E-state index contributed by atoms with van der Waals surface area (Å²) in [5.74, 6) is 0.294. The molecule has 25 heavy (non-hydrogen) atoms. The van der Waals surface area contributed by atoms with E-state index >= 15 is 0 Å². The molecule has 0 spiro atoms. The number of aromatic nitrogens is 3. The molecule has 1 heterocycles. The molecule has 0 atom stereocenters. The van der Waals surface area contributed by atoms with Gasteiger partial charge in [0.1, 0.15) is 12.4 Å². The number of nitrogens with zero attached hydrogens (tertiary/aromatic N) is 3. The van der Waals surface area contributed by atoms with Gasteiger partial charge in [-0.15, -0.1) is 0 Å². The van der Waals surface area contributed by atoms with E-state index < -0.39 is 0 Å². The van der Waals surface area contributed by atoms with Crippen molar-refractivity contribution in [1.82, 2.24) is 19.7 Å². The number of amides is 1. The first kappa shape index (κ1) is 16.7. The van der Waals surface area contributed by atoms with Crippen molar-refractivity contribution in [2.45, 2.75) is 26.9 Å². The van der Waals surface area contributed by atoms with E-state index in [1.807, 2.05) is 61.5 Å². The number of para-hydroxylation sites is 1. The number of hydrogen-bond donors (Lipinski definition) is 1. The van der Waals surface area contributed by atoms with Gasteiger partial charge in [-0.1, -0.05) is 48.0 Å². The Balaban J connectivity index is 1.70. The Morgan fingerprint density at radius 3 is 2.40 bits per heavy atom. The van der Waals surface area contributed by atoms with Gasteiger partial charge < -0.3 is 5.32 Å². The third-order valence-corrected chi connectivity index (χ3v) is 3.92.